The quantitative estimate of drug-likeness (QED) is 0.333. The minimum atomic E-state index is -1.69. The third-order valence-corrected chi connectivity index (χ3v) is 13.6. The van der Waals surface area contributed by atoms with Crippen molar-refractivity contribution in [3.05, 3.63) is 12.2 Å². The number of ether oxygens (including phenoxy) is 1. The van der Waals surface area contributed by atoms with Gasteiger partial charge in [0.25, 0.3) is 0 Å². The molecule has 1 N–H and O–H groups in total. The molecule has 2 fully saturated rings. The zero-order valence-corrected chi connectivity index (χ0v) is 21.1. The van der Waals surface area contributed by atoms with Crippen LogP contribution < -0.4 is 0 Å². The minimum absolute atomic E-state index is 0.00783. The van der Waals surface area contributed by atoms with Crippen molar-refractivity contribution in [3.8, 4) is 0 Å². The molecule has 3 rings (SSSR count). The van der Waals surface area contributed by atoms with E-state index in [9.17, 15) is 9.90 Å². The molecule has 4 nitrogen and oxygen atoms in total. The maximum absolute atomic E-state index is 12.6. The van der Waals surface area contributed by atoms with Crippen LogP contribution in [0.4, 0.5) is 0 Å². The van der Waals surface area contributed by atoms with E-state index in [1.54, 1.807) is 0 Å². The molecule has 0 aromatic carbocycles. The maximum atomic E-state index is 12.6. The Hall–Kier alpha value is -0.653. The summed E-state index contributed by atoms with van der Waals surface area (Å²) in [6, 6.07) is 3.47. The Morgan fingerprint density at radius 2 is 1.80 bits per heavy atom. The van der Waals surface area contributed by atoms with Gasteiger partial charge < -0.3 is 14.3 Å². The van der Waals surface area contributed by atoms with E-state index in [4.69, 9.17) is 9.16 Å². The summed E-state index contributed by atoms with van der Waals surface area (Å²) in [5.74, 6) is -0.250. The van der Waals surface area contributed by atoms with Gasteiger partial charge in [0.15, 0.2) is 8.32 Å². The van der Waals surface area contributed by atoms with Gasteiger partial charge in [0, 0.05) is 5.92 Å². The lowest BCUT2D eigenvalue weighted by atomic mass is 9.64. The number of hydrogen-bond donors (Lipinski definition) is 1. The highest BCUT2D eigenvalue weighted by Gasteiger charge is 2.63. The standard InChI is InChI=1S/C25H44O4Si/c1-7-30(8-2,9-3)29-20-12-10-11-13-24(6)14-15-25(27)19(5)23(26)28-21(22(24)25)17-18(4)16-20/h10,12,18-22,27H,7-9,11,13-17H2,1-6H3/b12-10-/t18-,19+,20?,21-,22+,24-,25-/m1/s1. The predicted octanol–water partition coefficient (Wildman–Crippen LogP) is 5.85. The molecule has 172 valence electrons. The van der Waals surface area contributed by atoms with Gasteiger partial charge in [-0.05, 0) is 74.9 Å². The SMILES string of the molecule is CC[Si](CC)(CC)OC1/C=C\CC[C@]2(C)CC[C@@]3(O)[C@@H](C)C(=O)O[C@H](C[C@H](C)C1)[C@@H]23. The first-order valence-electron chi connectivity index (χ1n) is 12.4. The highest BCUT2D eigenvalue weighted by atomic mass is 28.4. The first kappa shape index (κ1) is 24.0. The van der Waals surface area contributed by atoms with Crippen LogP contribution in [-0.2, 0) is 14.0 Å². The van der Waals surface area contributed by atoms with Crippen molar-refractivity contribution in [2.45, 2.75) is 116 Å². The Labute approximate surface area is 184 Å². The number of hydrogen-bond acceptors (Lipinski definition) is 4. The molecule has 5 heteroatoms. The topological polar surface area (TPSA) is 55.8 Å². The average molecular weight is 437 g/mol. The van der Waals surface area contributed by atoms with Gasteiger partial charge in [-0.2, -0.15) is 0 Å². The number of carbonyl (C=O) groups is 1. The van der Waals surface area contributed by atoms with Crippen molar-refractivity contribution < 1.29 is 19.1 Å². The molecule has 0 radical (unpaired) electrons. The first-order chi connectivity index (χ1) is 14.1. The van der Waals surface area contributed by atoms with E-state index >= 15 is 0 Å². The highest BCUT2D eigenvalue weighted by Crippen LogP contribution is 2.59. The molecule has 3 aliphatic rings. The lowest BCUT2D eigenvalue weighted by Crippen LogP contribution is -2.58. The minimum Gasteiger partial charge on any atom is -0.462 e. The molecule has 0 bridgehead atoms. The van der Waals surface area contributed by atoms with Crippen LogP contribution >= 0.6 is 0 Å². The molecule has 1 heterocycles. The summed E-state index contributed by atoms with van der Waals surface area (Å²) in [5, 5.41) is 11.6. The van der Waals surface area contributed by atoms with Crippen LogP contribution in [0.15, 0.2) is 12.2 Å². The van der Waals surface area contributed by atoms with Gasteiger partial charge in [-0.15, -0.1) is 0 Å². The second-order valence-corrected chi connectivity index (χ2v) is 15.5. The van der Waals surface area contributed by atoms with Gasteiger partial charge in [0.05, 0.1) is 17.6 Å². The van der Waals surface area contributed by atoms with Crippen LogP contribution in [-0.4, -0.2) is 37.2 Å². The first-order valence-corrected chi connectivity index (χ1v) is 14.9. The van der Waals surface area contributed by atoms with Gasteiger partial charge in [-0.25, -0.2) is 0 Å². The van der Waals surface area contributed by atoms with E-state index < -0.39 is 19.8 Å². The van der Waals surface area contributed by atoms with Crippen LogP contribution in [0, 0.1) is 23.2 Å². The molecular formula is C25H44O4Si. The summed E-state index contributed by atoms with van der Waals surface area (Å²) in [4.78, 5) is 12.6. The smallest absolute Gasteiger partial charge is 0.311 e. The van der Waals surface area contributed by atoms with Gasteiger partial charge in [0.1, 0.15) is 6.10 Å². The fourth-order valence-electron chi connectivity index (χ4n) is 6.68. The largest absolute Gasteiger partial charge is 0.462 e. The molecule has 7 atom stereocenters. The lowest BCUT2D eigenvalue weighted by Gasteiger charge is -2.49. The second kappa shape index (κ2) is 9.07. The summed E-state index contributed by atoms with van der Waals surface area (Å²) in [7, 11) is -1.69. The number of esters is 1. The highest BCUT2D eigenvalue weighted by molar-refractivity contribution is 6.73. The number of carbonyl (C=O) groups excluding carboxylic acids is 1. The average Bonchev–Trinajstić information content (AvgIpc) is 2.98. The Morgan fingerprint density at radius 3 is 2.43 bits per heavy atom. The van der Waals surface area contributed by atoms with Gasteiger partial charge in [-0.1, -0.05) is 46.8 Å². The van der Waals surface area contributed by atoms with Crippen molar-refractivity contribution in [1.82, 2.24) is 0 Å². The van der Waals surface area contributed by atoms with Crippen molar-refractivity contribution in [1.29, 1.82) is 0 Å². The summed E-state index contributed by atoms with van der Waals surface area (Å²) < 4.78 is 12.9. The van der Waals surface area contributed by atoms with E-state index in [1.807, 2.05) is 6.92 Å². The van der Waals surface area contributed by atoms with Crippen molar-refractivity contribution >= 4 is 14.3 Å². The Kier molecular flexibility index (Phi) is 7.26. The van der Waals surface area contributed by atoms with Crippen LogP contribution in [0.2, 0.25) is 18.1 Å². The molecule has 2 aliphatic carbocycles. The molecule has 1 aliphatic heterocycles. The Morgan fingerprint density at radius 1 is 1.13 bits per heavy atom. The molecular weight excluding hydrogens is 392 g/mol. The van der Waals surface area contributed by atoms with Crippen LogP contribution in [0.1, 0.15) is 80.1 Å². The molecule has 0 aromatic rings. The van der Waals surface area contributed by atoms with E-state index in [1.165, 1.54) is 0 Å². The summed E-state index contributed by atoms with van der Waals surface area (Å²) >= 11 is 0. The van der Waals surface area contributed by atoms with Gasteiger partial charge >= 0.3 is 5.97 Å². The third-order valence-electron chi connectivity index (χ3n) is 8.97. The monoisotopic (exact) mass is 436 g/mol. The fraction of sp³-hybridized carbons (Fsp3) is 0.880. The van der Waals surface area contributed by atoms with E-state index in [2.05, 4.69) is 46.8 Å². The molecule has 0 aromatic heterocycles. The summed E-state index contributed by atoms with van der Waals surface area (Å²) in [6.45, 7) is 13.3. The van der Waals surface area contributed by atoms with Crippen molar-refractivity contribution in [2.24, 2.45) is 23.2 Å². The molecule has 1 saturated carbocycles. The van der Waals surface area contributed by atoms with Gasteiger partial charge in [-0.3, -0.25) is 4.79 Å². The maximum Gasteiger partial charge on any atom is 0.311 e. The van der Waals surface area contributed by atoms with E-state index in [0.29, 0.717) is 12.3 Å². The number of aliphatic hydroxyl groups is 1. The van der Waals surface area contributed by atoms with E-state index in [-0.39, 0.29) is 29.5 Å². The van der Waals surface area contributed by atoms with E-state index in [0.717, 1.165) is 50.2 Å². The van der Waals surface area contributed by atoms with Crippen LogP contribution in [0.5, 0.6) is 0 Å². The predicted molar refractivity (Wildman–Crippen MR) is 124 cm³/mol. The normalized spacial score (nSPS) is 43.4. The van der Waals surface area contributed by atoms with Crippen molar-refractivity contribution in [2.75, 3.05) is 0 Å². The number of rotatable bonds is 5. The lowest BCUT2D eigenvalue weighted by molar-refractivity contribution is -0.207. The molecule has 1 unspecified atom stereocenters. The zero-order chi connectivity index (χ0) is 22.2. The van der Waals surface area contributed by atoms with Crippen LogP contribution in [0.25, 0.3) is 0 Å². The summed E-state index contributed by atoms with van der Waals surface area (Å²) in [5.41, 5.74) is -0.912. The number of allylic oxidation sites excluding steroid dienone is 1. The van der Waals surface area contributed by atoms with Gasteiger partial charge in [0.2, 0.25) is 0 Å². The molecule has 30 heavy (non-hydrogen) atoms. The Balaban J connectivity index is 1.87. The molecule has 1 saturated heterocycles. The third kappa shape index (κ3) is 4.31. The molecule has 0 amide bonds. The fourth-order valence-corrected chi connectivity index (χ4v) is 9.50. The summed E-state index contributed by atoms with van der Waals surface area (Å²) in [6.07, 6.45) is 10.0. The van der Waals surface area contributed by atoms with Crippen molar-refractivity contribution in [3.63, 3.8) is 0 Å². The zero-order valence-electron chi connectivity index (χ0n) is 20.1. The van der Waals surface area contributed by atoms with Crippen LogP contribution in [0.3, 0.4) is 0 Å². The second-order valence-electron chi connectivity index (χ2n) is 10.8. The Bertz CT molecular complexity index is 637. The molecule has 0 spiro atoms.